The first-order valence-corrected chi connectivity index (χ1v) is 7.47. The number of hydrogen-bond donors (Lipinski definition) is 2. The van der Waals surface area contributed by atoms with E-state index in [4.69, 9.17) is 4.74 Å². The molecule has 0 aliphatic heterocycles. The monoisotopic (exact) mass is 320 g/mol. The number of phenolic OH excluding ortho intramolecular Hbond substituents is 2. The van der Waals surface area contributed by atoms with E-state index in [0.717, 1.165) is 17.2 Å². The lowest BCUT2D eigenvalue weighted by atomic mass is 10.0. The van der Waals surface area contributed by atoms with Crippen molar-refractivity contribution in [3.8, 4) is 11.5 Å². The molecule has 0 aliphatic rings. The Hall–Kier alpha value is -3.27. The standard InChI is InChI=1S/C20H16O4/c21-17-11-16(12-18(22)13-17)20(23)24-19(14-7-3-1-4-8-14)15-9-5-2-6-10-15/h1-13,19,21-22H. The molecule has 4 nitrogen and oxygen atoms in total. The summed E-state index contributed by atoms with van der Waals surface area (Å²) in [5, 5.41) is 19.1. The third-order valence-electron chi connectivity index (χ3n) is 3.57. The van der Waals surface area contributed by atoms with E-state index in [2.05, 4.69) is 0 Å². The van der Waals surface area contributed by atoms with Crippen molar-refractivity contribution in [1.82, 2.24) is 0 Å². The van der Waals surface area contributed by atoms with Crippen LogP contribution in [-0.2, 0) is 4.74 Å². The van der Waals surface area contributed by atoms with Gasteiger partial charge in [-0.1, -0.05) is 60.7 Å². The zero-order valence-corrected chi connectivity index (χ0v) is 12.8. The van der Waals surface area contributed by atoms with E-state index >= 15 is 0 Å². The third kappa shape index (κ3) is 3.55. The van der Waals surface area contributed by atoms with Gasteiger partial charge in [0.15, 0.2) is 6.10 Å². The van der Waals surface area contributed by atoms with Crippen LogP contribution in [0.2, 0.25) is 0 Å². The molecule has 0 unspecified atom stereocenters. The summed E-state index contributed by atoms with van der Waals surface area (Å²) in [6, 6.07) is 22.5. The Morgan fingerprint density at radius 2 is 1.21 bits per heavy atom. The number of esters is 1. The SMILES string of the molecule is O=C(OC(c1ccccc1)c1ccccc1)c1cc(O)cc(O)c1. The summed E-state index contributed by atoms with van der Waals surface area (Å²) in [6.07, 6.45) is -0.579. The maximum atomic E-state index is 12.5. The highest BCUT2D eigenvalue weighted by molar-refractivity contribution is 5.90. The molecule has 0 aliphatic carbocycles. The van der Waals surface area contributed by atoms with Crippen molar-refractivity contribution < 1.29 is 19.7 Å². The number of ether oxygens (including phenoxy) is 1. The minimum atomic E-state index is -0.626. The number of aromatic hydroxyl groups is 2. The molecule has 0 fully saturated rings. The molecule has 120 valence electrons. The number of hydrogen-bond acceptors (Lipinski definition) is 4. The number of benzene rings is 3. The molecule has 0 spiro atoms. The molecule has 3 rings (SSSR count). The zero-order valence-electron chi connectivity index (χ0n) is 12.8. The van der Waals surface area contributed by atoms with Crippen molar-refractivity contribution in [2.75, 3.05) is 0 Å². The normalized spacial score (nSPS) is 10.5. The molecular formula is C20H16O4. The van der Waals surface area contributed by atoms with Crippen LogP contribution in [0.4, 0.5) is 0 Å². The van der Waals surface area contributed by atoms with E-state index in [1.54, 1.807) is 0 Å². The molecular weight excluding hydrogens is 304 g/mol. The Balaban J connectivity index is 1.93. The van der Waals surface area contributed by atoms with Crippen molar-refractivity contribution in [3.63, 3.8) is 0 Å². The summed E-state index contributed by atoms with van der Waals surface area (Å²) in [7, 11) is 0. The van der Waals surface area contributed by atoms with Gasteiger partial charge in [0.25, 0.3) is 0 Å². The largest absolute Gasteiger partial charge is 0.508 e. The van der Waals surface area contributed by atoms with Gasteiger partial charge in [0.1, 0.15) is 11.5 Å². The van der Waals surface area contributed by atoms with Crippen LogP contribution in [0.25, 0.3) is 0 Å². The van der Waals surface area contributed by atoms with Crippen molar-refractivity contribution in [2.45, 2.75) is 6.10 Å². The first-order chi connectivity index (χ1) is 11.6. The Morgan fingerprint density at radius 1 is 0.750 bits per heavy atom. The second-order valence-corrected chi connectivity index (χ2v) is 5.34. The van der Waals surface area contributed by atoms with Crippen LogP contribution in [0.15, 0.2) is 78.9 Å². The van der Waals surface area contributed by atoms with Crippen LogP contribution >= 0.6 is 0 Å². The van der Waals surface area contributed by atoms with Crippen molar-refractivity contribution in [1.29, 1.82) is 0 Å². The molecule has 0 aromatic heterocycles. The number of rotatable bonds is 4. The lowest BCUT2D eigenvalue weighted by molar-refractivity contribution is 0.0377. The molecule has 0 bridgehead atoms. The fraction of sp³-hybridized carbons (Fsp3) is 0.0500. The van der Waals surface area contributed by atoms with Gasteiger partial charge >= 0.3 is 5.97 Å². The summed E-state index contributed by atoms with van der Waals surface area (Å²) in [5.41, 5.74) is 1.76. The van der Waals surface area contributed by atoms with Crippen LogP contribution in [0.1, 0.15) is 27.6 Å². The molecule has 2 N–H and O–H groups in total. The van der Waals surface area contributed by atoms with Crippen LogP contribution in [0, 0.1) is 0 Å². The fourth-order valence-electron chi connectivity index (χ4n) is 2.47. The van der Waals surface area contributed by atoms with Gasteiger partial charge in [-0.2, -0.15) is 0 Å². The van der Waals surface area contributed by atoms with E-state index in [1.165, 1.54) is 12.1 Å². The Bertz CT molecular complexity index is 769. The highest BCUT2D eigenvalue weighted by Gasteiger charge is 2.20. The fourth-order valence-corrected chi connectivity index (χ4v) is 2.47. The van der Waals surface area contributed by atoms with Gasteiger partial charge in [0.2, 0.25) is 0 Å². The number of carbonyl (C=O) groups is 1. The molecule has 24 heavy (non-hydrogen) atoms. The van der Waals surface area contributed by atoms with E-state index in [0.29, 0.717) is 0 Å². The summed E-state index contributed by atoms with van der Waals surface area (Å²) in [4.78, 5) is 12.5. The van der Waals surface area contributed by atoms with Gasteiger partial charge in [0, 0.05) is 6.07 Å². The first kappa shape index (κ1) is 15.6. The Morgan fingerprint density at radius 3 is 1.67 bits per heavy atom. The van der Waals surface area contributed by atoms with Crippen LogP contribution in [-0.4, -0.2) is 16.2 Å². The number of carbonyl (C=O) groups excluding carboxylic acids is 1. The quantitative estimate of drug-likeness (QED) is 0.712. The molecule has 0 saturated carbocycles. The molecule has 0 radical (unpaired) electrons. The highest BCUT2D eigenvalue weighted by atomic mass is 16.5. The molecule has 0 atom stereocenters. The summed E-state index contributed by atoms with van der Waals surface area (Å²) in [5.74, 6) is -1.02. The second kappa shape index (κ2) is 6.87. The predicted molar refractivity (Wildman–Crippen MR) is 89.9 cm³/mol. The third-order valence-corrected chi connectivity index (χ3v) is 3.57. The van der Waals surface area contributed by atoms with E-state index in [1.807, 2.05) is 60.7 Å². The minimum absolute atomic E-state index is 0.0874. The molecule has 3 aromatic rings. The van der Waals surface area contributed by atoms with Crippen LogP contribution < -0.4 is 0 Å². The van der Waals surface area contributed by atoms with E-state index < -0.39 is 12.1 Å². The minimum Gasteiger partial charge on any atom is -0.508 e. The van der Waals surface area contributed by atoms with Crippen molar-refractivity contribution in [2.24, 2.45) is 0 Å². The predicted octanol–water partition coefficient (Wildman–Crippen LogP) is 4.04. The zero-order chi connectivity index (χ0) is 16.9. The van der Waals surface area contributed by atoms with E-state index in [-0.39, 0.29) is 17.1 Å². The maximum Gasteiger partial charge on any atom is 0.339 e. The van der Waals surface area contributed by atoms with Gasteiger partial charge in [-0.3, -0.25) is 0 Å². The second-order valence-electron chi connectivity index (χ2n) is 5.34. The van der Waals surface area contributed by atoms with Gasteiger partial charge in [-0.15, -0.1) is 0 Å². The van der Waals surface area contributed by atoms with Gasteiger partial charge in [0.05, 0.1) is 5.56 Å². The number of phenols is 2. The maximum absolute atomic E-state index is 12.5. The Labute approximate surface area is 139 Å². The molecule has 0 saturated heterocycles. The van der Waals surface area contributed by atoms with Crippen molar-refractivity contribution >= 4 is 5.97 Å². The topological polar surface area (TPSA) is 66.8 Å². The smallest absolute Gasteiger partial charge is 0.339 e. The lowest BCUT2D eigenvalue weighted by Crippen LogP contribution is -2.13. The van der Waals surface area contributed by atoms with Crippen molar-refractivity contribution in [3.05, 3.63) is 95.6 Å². The van der Waals surface area contributed by atoms with Gasteiger partial charge < -0.3 is 14.9 Å². The summed E-state index contributed by atoms with van der Waals surface area (Å²) in [6.45, 7) is 0. The van der Waals surface area contributed by atoms with Crippen LogP contribution in [0.5, 0.6) is 11.5 Å². The van der Waals surface area contributed by atoms with E-state index in [9.17, 15) is 15.0 Å². The summed E-state index contributed by atoms with van der Waals surface area (Å²) < 4.78 is 5.66. The van der Waals surface area contributed by atoms with Crippen LogP contribution in [0.3, 0.4) is 0 Å². The molecule has 3 aromatic carbocycles. The molecule has 0 amide bonds. The molecule has 0 heterocycles. The lowest BCUT2D eigenvalue weighted by Gasteiger charge is -2.19. The highest BCUT2D eigenvalue weighted by Crippen LogP contribution is 2.28. The van der Waals surface area contributed by atoms with Gasteiger partial charge in [-0.05, 0) is 23.3 Å². The summed E-state index contributed by atoms with van der Waals surface area (Å²) >= 11 is 0. The van der Waals surface area contributed by atoms with Gasteiger partial charge in [-0.25, -0.2) is 4.79 Å². The Kier molecular flexibility index (Phi) is 4.47. The first-order valence-electron chi connectivity index (χ1n) is 7.47. The molecule has 4 heteroatoms. The average molecular weight is 320 g/mol. The average Bonchev–Trinajstić information content (AvgIpc) is 2.60.